The van der Waals surface area contributed by atoms with Crippen LogP contribution in [0.25, 0.3) is 0 Å². The van der Waals surface area contributed by atoms with Crippen LogP contribution in [0.1, 0.15) is 20.8 Å². The maximum absolute atomic E-state index is 10.7. The Bertz CT molecular complexity index is 442. The van der Waals surface area contributed by atoms with Crippen molar-refractivity contribution in [2.75, 3.05) is 0 Å². The van der Waals surface area contributed by atoms with Crippen molar-refractivity contribution in [1.82, 2.24) is 0 Å². The molecule has 0 aliphatic heterocycles. The van der Waals surface area contributed by atoms with Crippen molar-refractivity contribution >= 4 is 5.91 Å². The molecule has 0 radical (unpaired) electrons. The molecule has 0 rings (SSSR count). The molecule has 104 valence electrons. The molecule has 19 heavy (non-hydrogen) atoms. The summed E-state index contributed by atoms with van der Waals surface area (Å²) in [6, 6.07) is -0.329. The number of amides is 1. The zero-order chi connectivity index (χ0) is 15.0. The van der Waals surface area contributed by atoms with Crippen LogP contribution in [0.2, 0.25) is 0 Å². The van der Waals surface area contributed by atoms with Crippen LogP contribution in [0.4, 0.5) is 0 Å². The van der Waals surface area contributed by atoms with Gasteiger partial charge in [-0.15, -0.1) is 0 Å². The lowest BCUT2D eigenvalue weighted by atomic mass is 9.89. The monoisotopic (exact) mass is 260 g/mol. The minimum Gasteiger partial charge on any atom is -0.366 e. The molecule has 0 aromatic carbocycles. The zero-order valence-corrected chi connectivity index (χ0v) is 12.0. The number of hydrogen-bond donors (Lipinski definition) is 2. The van der Waals surface area contributed by atoms with E-state index < -0.39 is 5.91 Å². The molecule has 1 amide bonds. The molecular formula is C16H24N2O. The van der Waals surface area contributed by atoms with Crippen LogP contribution in [-0.4, -0.2) is 11.9 Å². The van der Waals surface area contributed by atoms with E-state index in [9.17, 15) is 4.79 Å². The number of primary amides is 1. The molecule has 0 saturated heterocycles. The average Bonchev–Trinajstić information content (AvgIpc) is 2.36. The number of allylic oxidation sites excluding steroid dienone is 4. The quantitative estimate of drug-likeness (QED) is 0.420. The van der Waals surface area contributed by atoms with E-state index in [2.05, 4.69) is 26.2 Å². The van der Waals surface area contributed by atoms with Crippen LogP contribution in [0, 0.1) is 5.92 Å². The van der Waals surface area contributed by atoms with E-state index in [1.165, 1.54) is 6.08 Å². The number of nitrogens with two attached hydrogens (primary N) is 2. The molecule has 3 nitrogen and oxygen atoms in total. The van der Waals surface area contributed by atoms with E-state index in [-0.39, 0.29) is 12.0 Å². The predicted octanol–water partition coefficient (Wildman–Crippen LogP) is 2.63. The van der Waals surface area contributed by atoms with Gasteiger partial charge in [-0.25, -0.2) is 0 Å². The summed E-state index contributed by atoms with van der Waals surface area (Å²) >= 11 is 0. The smallest absolute Gasteiger partial charge is 0.241 e. The lowest BCUT2D eigenvalue weighted by Gasteiger charge is -2.21. The van der Waals surface area contributed by atoms with E-state index >= 15 is 0 Å². The normalized spacial score (nSPS) is 16.2. The number of hydrogen-bond acceptors (Lipinski definition) is 2. The van der Waals surface area contributed by atoms with Crippen molar-refractivity contribution < 1.29 is 4.79 Å². The largest absolute Gasteiger partial charge is 0.366 e. The van der Waals surface area contributed by atoms with Gasteiger partial charge in [0, 0.05) is 6.08 Å². The highest BCUT2D eigenvalue weighted by Crippen LogP contribution is 2.21. The fourth-order valence-corrected chi connectivity index (χ4v) is 1.79. The van der Waals surface area contributed by atoms with Gasteiger partial charge in [-0.1, -0.05) is 50.0 Å². The maximum atomic E-state index is 10.7. The Hall–Kier alpha value is -1.87. The van der Waals surface area contributed by atoms with E-state index in [1.54, 1.807) is 12.2 Å². The molecule has 0 heterocycles. The van der Waals surface area contributed by atoms with Crippen LogP contribution in [0.3, 0.4) is 0 Å². The second-order valence-corrected chi connectivity index (χ2v) is 4.48. The van der Waals surface area contributed by atoms with Crippen LogP contribution in [0.5, 0.6) is 0 Å². The summed E-state index contributed by atoms with van der Waals surface area (Å²) in [5, 5.41) is 0. The van der Waals surface area contributed by atoms with Crippen molar-refractivity contribution in [3.8, 4) is 0 Å². The molecule has 2 atom stereocenters. The summed E-state index contributed by atoms with van der Waals surface area (Å²) in [6.45, 7) is 13.6. The van der Waals surface area contributed by atoms with Crippen LogP contribution in [-0.2, 0) is 4.79 Å². The number of carbonyl (C=O) groups excluding carboxylic acids is 1. The highest BCUT2D eigenvalue weighted by Gasteiger charge is 2.15. The fraction of sp³-hybridized carbons (Fsp3) is 0.312. The molecular weight excluding hydrogens is 236 g/mol. The zero-order valence-electron chi connectivity index (χ0n) is 12.0. The van der Waals surface area contributed by atoms with E-state index in [1.807, 2.05) is 19.9 Å². The third kappa shape index (κ3) is 6.02. The molecule has 0 fully saturated rings. The first-order valence-electron chi connectivity index (χ1n) is 6.22. The van der Waals surface area contributed by atoms with Crippen molar-refractivity contribution in [2.45, 2.75) is 26.8 Å². The Labute approximate surface area is 116 Å². The van der Waals surface area contributed by atoms with Crippen LogP contribution >= 0.6 is 0 Å². The van der Waals surface area contributed by atoms with Crippen molar-refractivity contribution in [1.29, 1.82) is 0 Å². The Kier molecular flexibility index (Phi) is 7.46. The molecule has 0 aliphatic carbocycles. The summed E-state index contributed by atoms with van der Waals surface area (Å²) in [7, 11) is 0. The van der Waals surface area contributed by atoms with Gasteiger partial charge in [0.2, 0.25) is 5.91 Å². The Morgan fingerprint density at radius 1 is 1.32 bits per heavy atom. The lowest BCUT2D eigenvalue weighted by molar-refractivity contribution is -0.113. The van der Waals surface area contributed by atoms with Gasteiger partial charge in [-0.3, -0.25) is 4.79 Å². The minimum absolute atomic E-state index is 0.178. The van der Waals surface area contributed by atoms with Gasteiger partial charge in [0.25, 0.3) is 0 Å². The predicted molar refractivity (Wildman–Crippen MR) is 82.3 cm³/mol. The second-order valence-electron chi connectivity index (χ2n) is 4.48. The first kappa shape index (κ1) is 17.1. The van der Waals surface area contributed by atoms with Crippen molar-refractivity contribution in [3.63, 3.8) is 0 Å². The summed E-state index contributed by atoms with van der Waals surface area (Å²) in [5.41, 5.74) is 14.0. The van der Waals surface area contributed by atoms with Gasteiger partial charge in [0.15, 0.2) is 0 Å². The highest BCUT2D eigenvalue weighted by atomic mass is 16.1. The van der Waals surface area contributed by atoms with Crippen LogP contribution < -0.4 is 11.5 Å². The first-order chi connectivity index (χ1) is 8.83. The van der Waals surface area contributed by atoms with Gasteiger partial charge in [-0.05, 0) is 30.9 Å². The van der Waals surface area contributed by atoms with Gasteiger partial charge < -0.3 is 11.5 Å². The van der Waals surface area contributed by atoms with Crippen molar-refractivity contribution in [2.24, 2.45) is 17.4 Å². The fourth-order valence-electron chi connectivity index (χ4n) is 1.79. The second kappa shape index (κ2) is 8.27. The molecule has 0 bridgehead atoms. The van der Waals surface area contributed by atoms with Gasteiger partial charge >= 0.3 is 0 Å². The summed E-state index contributed by atoms with van der Waals surface area (Å²) in [5.74, 6) is -0.331. The lowest BCUT2D eigenvalue weighted by Crippen LogP contribution is -2.27. The molecule has 3 heteroatoms. The Morgan fingerprint density at radius 3 is 2.32 bits per heavy atom. The number of carbonyl (C=O) groups is 1. The van der Waals surface area contributed by atoms with E-state index in [0.29, 0.717) is 5.57 Å². The van der Waals surface area contributed by atoms with Gasteiger partial charge in [0.05, 0.1) is 6.04 Å². The molecule has 0 spiro atoms. The standard InChI is InChI=1S/C16H24N2O/c1-6-11(3)10-13(5)14(7-2)16(18)12(4)8-9-15(17)19/h6-10,13,16H,1,4,18H2,2-3,5H3,(H2,17,19)/b9-8-,11-10-,14-7+/t13-,16?/m1/s1. The van der Waals surface area contributed by atoms with Crippen molar-refractivity contribution in [3.05, 3.63) is 60.3 Å². The molecule has 0 aromatic heterocycles. The Morgan fingerprint density at radius 2 is 1.89 bits per heavy atom. The third-order valence-electron chi connectivity index (χ3n) is 2.91. The maximum Gasteiger partial charge on any atom is 0.241 e. The third-order valence-corrected chi connectivity index (χ3v) is 2.91. The first-order valence-corrected chi connectivity index (χ1v) is 6.22. The molecule has 4 N–H and O–H groups in total. The topological polar surface area (TPSA) is 69.1 Å². The summed E-state index contributed by atoms with van der Waals surface area (Å²) in [6.07, 6.45) is 8.70. The highest BCUT2D eigenvalue weighted by molar-refractivity contribution is 5.86. The van der Waals surface area contributed by atoms with Gasteiger partial charge in [0.1, 0.15) is 0 Å². The molecule has 1 unspecified atom stereocenters. The van der Waals surface area contributed by atoms with Crippen LogP contribution in [0.15, 0.2) is 60.3 Å². The molecule has 0 aliphatic rings. The Balaban J connectivity index is 5.02. The van der Waals surface area contributed by atoms with E-state index in [0.717, 1.165) is 11.1 Å². The SMILES string of the molecule is C=C/C(C)=C\[C@@H](C)/C(=C\C)C(N)C(=C)/C=C\C(N)=O. The minimum atomic E-state index is -0.508. The summed E-state index contributed by atoms with van der Waals surface area (Å²) < 4.78 is 0. The van der Waals surface area contributed by atoms with E-state index in [4.69, 9.17) is 11.5 Å². The molecule has 0 saturated carbocycles. The molecule has 0 aromatic rings. The number of rotatable bonds is 7. The van der Waals surface area contributed by atoms with Gasteiger partial charge in [-0.2, -0.15) is 0 Å². The summed E-state index contributed by atoms with van der Waals surface area (Å²) in [4.78, 5) is 10.7. The average molecular weight is 260 g/mol.